The highest BCUT2D eigenvalue weighted by Crippen LogP contribution is 2.30. The molecule has 0 atom stereocenters. The van der Waals surface area contributed by atoms with Crippen LogP contribution in [0.25, 0.3) is 21.5 Å². The zero-order chi connectivity index (χ0) is 11.1. The molecule has 3 aromatic carbocycles. The Morgan fingerprint density at radius 2 is 1.56 bits per heavy atom. The van der Waals surface area contributed by atoms with E-state index in [9.17, 15) is 10.2 Å². The summed E-state index contributed by atoms with van der Waals surface area (Å²) in [4.78, 5) is 0. The second-order valence-corrected chi connectivity index (χ2v) is 3.88. The minimum absolute atomic E-state index is 0.238. The van der Waals surface area contributed by atoms with Gasteiger partial charge in [0.05, 0.1) is 0 Å². The van der Waals surface area contributed by atoms with Crippen molar-refractivity contribution in [3.63, 3.8) is 0 Å². The summed E-state index contributed by atoms with van der Waals surface area (Å²) in [6.07, 6.45) is 0. The fourth-order valence-electron chi connectivity index (χ4n) is 2.00. The summed E-state index contributed by atoms with van der Waals surface area (Å²) in [5.74, 6) is 0.505. The van der Waals surface area contributed by atoms with Crippen molar-refractivity contribution in [3.8, 4) is 11.5 Å². The largest absolute Gasteiger partial charge is 0.508 e. The van der Waals surface area contributed by atoms with Gasteiger partial charge in [-0.25, -0.2) is 0 Å². The van der Waals surface area contributed by atoms with E-state index < -0.39 is 0 Å². The van der Waals surface area contributed by atoms with Crippen LogP contribution in [0, 0.1) is 0 Å². The molecule has 0 aliphatic carbocycles. The monoisotopic (exact) mass is 210 g/mol. The van der Waals surface area contributed by atoms with Crippen LogP contribution in [0.5, 0.6) is 11.5 Å². The van der Waals surface area contributed by atoms with E-state index in [1.54, 1.807) is 18.2 Å². The molecule has 3 rings (SSSR count). The average molecular weight is 210 g/mol. The van der Waals surface area contributed by atoms with Crippen LogP contribution >= 0.6 is 0 Å². The molecule has 0 amide bonds. The molecule has 0 aromatic heterocycles. The first-order chi connectivity index (χ1) is 7.74. The number of hydrogen-bond donors (Lipinski definition) is 2. The summed E-state index contributed by atoms with van der Waals surface area (Å²) < 4.78 is 0. The first kappa shape index (κ1) is 9.04. The van der Waals surface area contributed by atoms with Gasteiger partial charge < -0.3 is 10.2 Å². The lowest BCUT2D eigenvalue weighted by Crippen LogP contribution is -1.77. The van der Waals surface area contributed by atoms with Crippen molar-refractivity contribution in [2.75, 3.05) is 0 Å². The van der Waals surface area contributed by atoms with E-state index in [0.717, 1.165) is 21.5 Å². The van der Waals surface area contributed by atoms with Crippen LogP contribution < -0.4 is 0 Å². The second-order valence-electron chi connectivity index (χ2n) is 3.88. The molecule has 0 fully saturated rings. The zero-order valence-electron chi connectivity index (χ0n) is 8.51. The van der Waals surface area contributed by atoms with Crippen molar-refractivity contribution in [1.29, 1.82) is 0 Å². The first-order valence-electron chi connectivity index (χ1n) is 5.08. The lowest BCUT2D eigenvalue weighted by molar-refractivity contribution is 0.476. The summed E-state index contributed by atoms with van der Waals surface area (Å²) in [7, 11) is 0. The lowest BCUT2D eigenvalue weighted by Gasteiger charge is -2.04. The Morgan fingerprint density at radius 1 is 0.688 bits per heavy atom. The number of aromatic hydroxyl groups is 2. The molecule has 2 nitrogen and oxygen atoms in total. The lowest BCUT2D eigenvalue weighted by atomic mass is 10.0. The molecule has 0 heterocycles. The topological polar surface area (TPSA) is 40.5 Å². The number of phenols is 2. The molecule has 0 radical (unpaired) electrons. The van der Waals surface area contributed by atoms with Gasteiger partial charge in [0.1, 0.15) is 11.5 Å². The van der Waals surface area contributed by atoms with Gasteiger partial charge >= 0.3 is 0 Å². The van der Waals surface area contributed by atoms with Gasteiger partial charge in [0.2, 0.25) is 0 Å². The fraction of sp³-hybridized carbons (Fsp3) is 0. The Bertz CT molecular complexity index is 687. The van der Waals surface area contributed by atoms with Gasteiger partial charge in [-0.2, -0.15) is 0 Å². The summed E-state index contributed by atoms with van der Waals surface area (Å²) >= 11 is 0. The Labute approximate surface area is 92.4 Å². The minimum Gasteiger partial charge on any atom is -0.508 e. The normalized spacial score (nSPS) is 11.0. The Hall–Kier alpha value is -2.22. The number of benzene rings is 3. The molecule has 0 unspecified atom stereocenters. The second kappa shape index (κ2) is 3.14. The summed E-state index contributed by atoms with van der Waals surface area (Å²) in [6.45, 7) is 0. The van der Waals surface area contributed by atoms with Crippen LogP contribution in [-0.2, 0) is 0 Å². The van der Waals surface area contributed by atoms with Crippen molar-refractivity contribution < 1.29 is 10.2 Å². The third-order valence-electron chi connectivity index (χ3n) is 2.80. The molecule has 0 bridgehead atoms. The zero-order valence-corrected chi connectivity index (χ0v) is 8.51. The van der Waals surface area contributed by atoms with Crippen LogP contribution in [0.2, 0.25) is 0 Å². The molecular formula is C14H10O2. The predicted molar refractivity (Wildman–Crippen MR) is 64.8 cm³/mol. The number of rotatable bonds is 0. The van der Waals surface area contributed by atoms with E-state index >= 15 is 0 Å². The standard InChI is InChI=1S/C14H10O2/c15-12-5-4-9-6-10-2-1-3-14(16)13(10)8-11(9)7-12/h1-8,15-16H. The molecule has 16 heavy (non-hydrogen) atoms. The third kappa shape index (κ3) is 1.27. The molecule has 3 aromatic rings. The minimum atomic E-state index is 0.238. The van der Waals surface area contributed by atoms with E-state index in [-0.39, 0.29) is 11.5 Å². The SMILES string of the molecule is Oc1ccc2cc3cccc(O)c3cc2c1. The Kier molecular flexibility index (Phi) is 1.77. The van der Waals surface area contributed by atoms with Crippen molar-refractivity contribution >= 4 is 21.5 Å². The number of phenolic OH excluding ortho intramolecular Hbond substituents is 2. The van der Waals surface area contributed by atoms with Gasteiger partial charge in [0.15, 0.2) is 0 Å². The van der Waals surface area contributed by atoms with Crippen LogP contribution in [0.15, 0.2) is 48.5 Å². The summed E-state index contributed by atoms with van der Waals surface area (Å²) in [6, 6.07) is 14.6. The van der Waals surface area contributed by atoms with Crippen LogP contribution in [0.1, 0.15) is 0 Å². The highest BCUT2D eigenvalue weighted by atomic mass is 16.3. The molecule has 78 valence electrons. The Morgan fingerprint density at radius 3 is 2.44 bits per heavy atom. The first-order valence-corrected chi connectivity index (χ1v) is 5.08. The van der Waals surface area contributed by atoms with E-state index in [1.807, 2.05) is 30.3 Å². The molecule has 0 aliphatic heterocycles. The van der Waals surface area contributed by atoms with E-state index in [1.165, 1.54) is 0 Å². The van der Waals surface area contributed by atoms with Gasteiger partial charge in [-0.1, -0.05) is 18.2 Å². The molecule has 2 heteroatoms. The van der Waals surface area contributed by atoms with Gasteiger partial charge in [-0.05, 0) is 46.5 Å². The smallest absolute Gasteiger partial charge is 0.123 e. The number of fused-ring (bicyclic) bond motifs is 2. The van der Waals surface area contributed by atoms with Gasteiger partial charge in [-0.15, -0.1) is 0 Å². The van der Waals surface area contributed by atoms with E-state index in [4.69, 9.17) is 0 Å². The van der Waals surface area contributed by atoms with Crippen molar-refractivity contribution in [1.82, 2.24) is 0 Å². The van der Waals surface area contributed by atoms with Gasteiger partial charge in [0, 0.05) is 5.39 Å². The van der Waals surface area contributed by atoms with Crippen molar-refractivity contribution in [2.24, 2.45) is 0 Å². The predicted octanol–water partition coefficient (Wildman–Crippen LogP) is 3.40. The highest BCUT2D eigenvalue weighted by molar-refractivity contribution is 6.01. The van der Waals surface area contributed by atoms with Gasteiger partial charge in [0.25, 0.3) is 0 Å². The maximum absolute atomic E-state index is 9.74. The fourth-order valence-corrected chi connectivity index (χ4v) is 2.00. The maximum Gasteiger partial charge on any atom is 0.123 e. The molecule has 0 saturated heterocycles. The van der Waals surface area contributed by atoms with Crippen LogP contribution in [0.3, 0.4) is 0 Å². The Balaban J connectivity index is 2.49. The van der Waals surface area contributed by atoms with E-state index in [0.29, 0.717) is 0 Å². The number of hydrogen-bond acceptors (Lipinski definition) is 2. The molecule has 2 N–H and O–H groups in total. The molecule has 0 saturated carbocycles. The van der Waals surface area contributed by atoms with Gasteiger partial charge in [-0.3, -0.25) is 0 Å². The highest BCUT2D eigenvalue weighted by Gasteiger charge is 2.02. The maximum atomic E-state index is 9.74. The molecule has 0 aliphatic rings. The van der Waals surface area contributed by atoms with Crippen LogP contribution in [-0.4, -0.2) is 10.2 Å². The quantitative estimate of drug-likeness (QED) is 0.558. The van der Waals surface area contributed by atoms with E-state index in [2.05, 4.69) is 0 Å². The molecule has 0 spiro atoms. The van der Waals surface area contributed by atoms with Crippen molar-refractivity contribution in [3.05, 3.63) is 48.5 Å². The molecular weight excluding hydrogens is 200 g/mol. The van der Waals surface area contributed by atoms with Crippen molar-refractivity contribution in [2.45, 2.75) is 0 Å². The van der Waals surface area contributed by atoms with Crippen LogP contribution in [0.4, 0.5) is 0 Å². The summed E-state index contributed by atoms with van der Waals surface area (Å²) in [5.41, 5.74) is 0. The summed E-state index contributed by atoms with van der Waals surface area (Å²) in [5, 5.41) is 22.9. The third-order valence-corrected chi connectivity index (χ3v) is 2.80. The average Bonchev–Trinajstić information content (AvgIpc) is 2.28.